The predicted octanol–water partition coefficient (Wildman–Crippen LogP) is 2.00. The van der Waals surface area contributed by atoms with Crippen LogP contribution in [0.2, 0.25) is 0 Å². The number of nitrogen functional groups attached to an aromatic ring is 2. The number of hydrogen-bond acceptors (Lipinski definition) is 8. The van der Waals surface area contributed by atoms with Gasteiger partial charge in [-0.3, -0.25) is 0 Å². The summed E-state index contributed by atoms with van der Waals surface area (Å²) < 4.78 is 0. The van der Waals surface area contributed by atoms with Crippen LogP contribution in [-0.2, 0) is 0 Å². The third-order valence-corrected chi connectivity index (χ3v) is 5.17. The highest BCUT2D eigenvalue weighted by molar-refractivity contribution is 7.15. The van der Waals surface area contributed by atoms with Crippen molar-refractivity contribution in [1.29, 1.82) is 0 Å². The summed E-state index contributed by atoms with van der Waals surface area (Å²) in [6.07, 6.45) is 4.44. The molecule has 0 spiro atoms. The van der Waals surface area contributed by atoms with E-state index < -0.39 is 0 Å². The standard InChI is InChI=1S/C10H14N6S2/c11-9-15-13-7(17-9)5-1-2-6(4-3-5)8-14-16-10(12)18-8/h5-6H,1-4H2,(H2,11,15)(H2,12,16). The minimum absolute atomic E-state index is 0.501. The van der Waals surface area contributed by atoms with Gasteiger partial charge in [-0.15, -0.1) is 20.4 Å². The number of anilines is 2. The summed E-state index contributed by atoms with van der Waals surface area (Å²) in [4.78, 5) is 0. The smallest absolute Gasteiger partial charge is 0.203 e. The molecular weight excluding hydrogens is 268 g/mol. The van der Waals surface area contributed by atoms with Gasteiger partial charge in [-0.2, -0.15) is 0 Å². The molecule has 8 heteroatoms. The van der Waals surface area contributed by atoms with Crippen molar-refractivity contribution in [2.75, 3.05) is 11.5 Å². The summed E-state index contributed by atoms with van der Waals surface area (Å²) in [6.45, 7) is 0. The van der Waals surface area contributed by atoms with E-state index in [1.807, 2.05) is 0 Å². The van der Waals surface area contributed by atoms with Crippen molar-refractivity contribution in [2.24, 2.45) is 0 Å². The first-order chi connectivity index (χ1) is 8.72. The highest BCUT2D eigenvalue weighted by Crippen LogP contribution is 2.42. The van der Waals surface area contributed by atoms with Crippen LogP contribution in [0, 0.1) is 0 Å². The number of hydrogen-bond donors (Lipinski definition) is 2. The fraction of sp³-hybridized carbons (Fsp3) is 0.600. The van der Waals surface area contributed by atoms with E-state index in [0.717, 1.165) is 35.7 Å². The Morgan fingerprint density at radius 3 is 1.39 bits per heavy atom. The molecule has 2 aromatic rings. The van der Waals surface area contributed by atoms with Crippen LogP contribution in [0.25, 0.3) is 0 Å². The molecule has 0 atom stereocenters. The van der Waals surface area contributed by atoms with Gasteiger partial charge in [-0.05, 0) is 25.7 Å². The molecule has 0 saturated heterocycles. The molecule has 6 nitrogen and oxygen atoms in total. The highest BCUT2D eigenvalue weighted by Gasteiger charge is 2.27. The first-order valence-electron chi connectivity index (χ1n) is 5.90. The lowest BCUT2D eigenvalue weighted by Gasteiger charge is -2.25. The molecule has 1 saturated carbocycles. The van der Waals surface area contributed by atoms with Crippen molar-refractivity contribution in [3.63, 3.8) is 0 Å². The molecule has 0 amide bonds. The van der Waals surface area contributed by atoms with Crippen molar-refractivity contribution in [1.82, 2.24) is 20.4 Å². The van der Waals surface area contributed by atoms with Gasteiger partial charge >= 0.3 is 0 Å². The highest BCUT2D eigenvalue weighted by atomic mass is 32.1. The second-order valence-corrected chi connectivity index (χ2v) is 6.59. The average molecular weight is 282 g/mol. The van der Waals surface area contributed by atoms with Gasteiger partial charge < -0.3 is 11.5 Å². The Kier molecular flexibility index (Phi) is 3.13. The second-order valence-electron chi connectivity index (χ2n) is 4.51. The lowest BCUT2D eigenvalue weighted by molar-refractivity contribution is 0.392. The fourth-order valence-electron chi connectivity index (χ4n) is 2.41. The van der Waals surface area contributed by atoms with E-state index in [1.165, 1.54) is 22.7 Å². The molecule has 0 unspecified atom stereocenters. The van der Waals surface area contributed by atoms with E-state index >= 15 is 0 Å². The number of aromatic nitrogens is 4. The molecule has 18 heavy (non-hydrogen) atoms. The SMILES string of the molecule is Nc1nnc(C2CCC(c3nnc(N)s3)CC2)s1. The summed E-state index contributed by atoms with van der Waals surface area (Å²) in [5.74, 6) is 1.00. The molecule has 2 aromatic heterocycles. The van der Waals surface area contributed by atoms with E-state index in [0.29, 0.717) is 22.1 Å². The summed E-state index contributed by atoms with van der Waals surface area (Å²) in [5.41, 5.74) is 11.2. The quantitative estimate of drug-likeness (QED) is 0.873. The lowest BCUT2D eigenvalue weighted by Crippen LogP contribution is -2.12. The van der Waals surface area contributed by atoms with Crippen LogP contribution in [-0.4, -0.2) is 20.4 Å². The Morgan fingerprint density at radius 2 is 1.11 bits per heavy atom. The molecule has 0 radical (unpaired) electrons. The molecular formula is C10H14N6S2. The van der Waals surface area contributed by atoms with Crippen molar-refractivity contribution in [3.05, 3.63) is 10.0 Å². The number of nitrogens with two attached hydrogens (primary N) is 2. The zero-order chi connectivity index (χ0) is 12.5. The maximum atomic E-state index is 5.62. The third-order valence-electron chi connectivity index (χ3n) is 3.34. The van der Waals surface area contributed by atoms with Crippen molar-refractivity contribution in [2.45, 2.75) is 37.5 Å². The minimum Gasteiger partial charge on any atom is -0.374 e. The van der Waals surface area contributed by atoms with E-state index in [-0.39, 0.29) is 0 Å². The first-order valence-corrected chi connectivity index (χ1v) is 7.53. The van der Waals surface area contributed by atoms with Gasteiger partial charge in [-0.25, -0.2) is 0 Å². The summed E-state index contributed by atoms with van der Waals surface area (Å²) in [5, 5.41) is 19.3. The Balaban J connectivity index is 1.64. The molecule has 1 fully saturated rings. The molecule has 3 rings (SSSR count). The molecule has 1 aliphatic carbocycles. The Bertz CT molecular complexity index is 480. The van der Waals surface area contributed by atoms with Crippen molar-refractivity contribution < 1.29 is 0 Å². The molecule has 0 aromatic carbocycles. The maximum absolute atomic E-state index is 5.62. The molecule has 2 heterocycles. The maximum Gasteiger partial charge on any atom is 0.203 e. The molecule has 1 aliphatic rings. The molecule has 0 aliphatic heterocycles. The van der Waals surface area contributed by atoms with Gasteiger partial charge in [-0.1, -0.05) is 22.7 Å². The van der Waals surface area contributed by atoms with E-state index in [9.17, 15) is 0 Å². The van der Waals surface area contributed by atoms with Gasteiger partial charge in [0.1, 0.15) is 10.0 Å². The normalized spacial score (nSPS) is 24.2. The van der Waals surface area contributed by atoms with Gasteiger partial charge in [0.15, 0.2) is 0 Å². The van der Waals surface area contributed by atoms with E-state index in [2.05, 4.69) is 20.4 Å². The van der Waals surface area contributed by atoms with Crippen molar-refractivity contribution >= 4 is 32.9 Å². The van der Waals surface area contributed by atoms with E-state index in [4.69, 9.17) is 11.5 Å². The Labute approximate surface area is 112 Å². The van der Waals surface area contributed by atoms with Crippen LogP contribution in [0.5, 0.6) is 0 Å². The van der Waals surface area contributed by atoms with Crippen LogP contribution in [0.3, 0.4) is 0 Å². The van der Waals surface area contributed by atoms with Gasteiger partial charge in [0, 0.05) is 11.8 Å². The molecule has 96 valence electrons. The lowest BCUT2D eigenvalue weighted by atomic mass is 9.83. The Hall–Kier alpha value is -1.28. The van der Waals surface area contributed by atoms with Crippen LogP contribution < -0.4 is 11.5 Å². The topological polar surface area (TPSA) is 104 Å². The minimum atomic E-state index is 0.501. The number of rotatable bonds is 2. The largest absolute Gasteiger partial charge is 0.374 e. The predicted molar refractivity (Wildman–Crippen MR) is 72.6 cm³/mol. The molecule has 0 bridgehead atoms. The second kappa shape index (κ2) is 4.77. The van der Waals surface area contributed by atoms with Gasteiger partial charge in [0.25, 0.3) is 0 Å². The van der Waals surface area contributed by atoms with Crippen LogP contribution in [0.4, 0.5) is 10.3 Å². The summed E-state index contributed by atoms with van der Waals surface area (Å²) in [7, 11) is 0. The Morgan fingerprint density at radius 1 is 0.722 bits per heavy atom. The van der Waals surface area contributed by atoms with Gasteiger partial charge in [0.05, 0.1) is 0 Å². The van der Waals surface area contributed by atoms with Crippen LogP contribution >= 0.6 is 22.7 Å². The van der Waals surface area contributed by atoms with E-state index in [1.54, 1.807) is 0 Å². The third kappa shape index (κ3) is 2.30. The zero-order valence-corrected chi connectivity index (χ0v) is 11.4. The number of nitrogens with zero attached hydrogens (tertiary/aromatic N) is 4. The zero-order valence-electron chi connectivity index (χ0n) is 9.74. The van der Waals surface area contributed by atoms with Gasteiger partial charge in [0.2, 0.25) is 10.3 Å². The van der Waals surface area contributed by atoms with Crippen LogP contribution in [0.15, 0.2) is 0 Å². The van der Waals surface area contributed by atoms with Crippen molar-refractivity contribution in [3.8, 4) is 0 Å². The monoisotopic (exact) mass is 282 g/mol. The van der Waals surface area contributed by atoms with Crippen LogP contribution in [0.1, 0.15) is 47.5 Å². The summed E-state index contributed by atoms with van der Waals surface area (Å²) >= 11 is 3.01. The average Bonchev–Trinajstić information content (AvgIpc) is 2.98. The summed E-state index contributed by atoms with van der Waals surface area (Å²) in [6, 6.07) is 0. The first kappa shape index (κ1) is 11.8. The fourth-order valence-corrected chi connectivity index (χ4v) is 3.97. The molecule has 4 N–H and O–H groups in total.